The Balaban J connectivity index is 0.000000829. The Hall–Kier alpha value is -1.64. The summed E-state index contributed by atoms with van der Waals surface area (Å²) in [7, 11) is 0. The highest BCUT2D eigenvalue weighted by molar-refractivity contribution is 6.04. The monoisotopic (exact) mass is 277 g/mol. The van der Waals surface area contributed by atoms with E-state index in [-0.39, 0.29) is 23.7 Å². The second-order valence-electron chi connectivity index (χ2n) is 4.33. The number of hydrogen-bond donors (Lipinski definition) is 0. The molecule has 1 saturated heterocycles. The van der Waals surface area contributed by atoms with Crippen LogP contribution in [0.15, 0.2) is 30.3 Å². The Bertz CT molecular complexity index is 394. The van der Waals surface area contributed by atoms with Crippen molar-refractivity contribution < 1.29 is 9.59 Å². The molecular formula is C17H27NO2. The van der Waals surface area contributed by atoms with E-state index in [0.717, 1.165) is 5.56 Å². The maximum atomic E-state index is 11.8. The fourth-order valence-electron chi connectivity index (χ4n) is 1.95. The van der Waals surface area contributed by atoms with Crippen LogP contribution in [0.1, 0.15) is 47.1 Å². The number of benzene rings is 1. The first-order chi connectivity index (χ1) is 9.61. The predicted octanol–water partition coefficient (Wildman–Crippen LogP) is 3.88. The van der Waals surface area contributed by atoms with E-state index < -0.39 is 0 Å². The Labute approximate surface area is 123 Å². The molecule has 20 heavy (non-hydrogen) atoms. The van der Waals surface area contributed by atoms with Gasteiger partial charge in [0.1, 0.15) is 0 Å². The van der Waals surface area contributed by atoms with Gasteiger partial charge < -0.3 is 0 Å². The third kappa shape index (κ3) is 4.19. The summed E-state index contributed by atoms with van der Waals surface area (Å²) in [6.45, 7) is 12.0. The molecule has 2 unspecified atom stereocenters. The molecule has 0 radical (unpaired) electrons. The van der Waals surface area contributed by atoms with Crippen LogP contribution in [0.25, 0.3) is 0 Å². The number of amides is 2. The zero-order valence-electron chi connectivity index (χ0n) is 13.5. The van der Waals surface area contributed by atoms with Crippen molar-refractivity contribution in [3.63, 3.8) is 0 Å². The van der Waals surface area contributed by atoms with Crippen molar-refractivity contribution in [1.29, 1.82) is 0 Å². The van der Waals surface area contributed by atoms with Gasteiger partial charge in [0, 0.05) is 11.8 Å². The summed E-state index contributed by atoms with van der Waals surface area (Å²) in [6.07, 6.45) is 0. The van der Waals surface area contributed by atoms with Gasteiger partial charge in [-0.1, -0.05) is 71.9 Å². The lowest BCUT2D eigenvalue weighted by atomic mass is 10.00. The van der Waals surface area contributed by atoms with Crippen molar-refractivity contribution in [1.82, 2.24) is 4.90 Å². The molecule has 1 aromatic rings. The standard InChI is InChI=1S/C13H15NO2.2C2H6/c1-9-10(2)13(16)14(12(9)15)8-11-6-4-3-5-7-11;2*1-2/h3-7,9-10H,8H2,1-2H3;2*1-2H3. The van der Waals surface area contributed by atoms with Gasteiger partial charge in [-0.05, 0) is 5.56 Å². The molecule has 2 rings (SSSR count). The molecule has 112 valence electrons. The summed E-state index contributed by atoms with van der Waals surface area (Å²) >= 11 is 0. The van der Waals surface area contributed by atoms with Crippen molar-refractivity contribution in [2.45, 2.75) is 48.1 Å². The Kier molecular flexibility index (Phi) is 8.53. The normalized spacial score (nSPS) is 20.8. The average Bonchev–Trinajstić information content (AvgIpc) is 2.70. The second-order valence-corrected chi connectivity index (χ2v) is 4.33. The van der Waals surface area contributed by atoms with Crippen molar-refractivity contribution >= 4 is 11.8 Å². The van der Waals surface area contributed by atoms with Gasteiger partial charge in [-0.3, -0.25) is 14.5 Å². The fraction of sp³-hybridized carbons (Fsp3) is 0.529. The highest BCUT2D eigenvalue weighted by atomic mass is 16.2. The number of carbonyl (C=O) groups excluding carboxylic acids is 2. The van der Waals surface area contributed by atoms with Gasteiger partial charge in [0.25, 0.3) is 0 Å². The molecule has 1 aliphatic heterocycles. The maximum Gasteiger partial charge on any atom is 0.233 e. The number of carbonyl (C=O) groups is 2. The molecular weight excluding hydrogens is 250 g/mol. The van der Waals surface area contributed by atoms with Crippen molar-refractivity contribution in [3.05, 3.63) is 35.9 Å². The Morgan fingerprint density at radius 2 is 1.25 bits per heavy atom. The molecule has 0 bridgehead atoms. The van der Waals surface area contributed by atoms with Crippen LogP contribution in [-0.4, -0.2) is 16.7 Å². The first-order valence-corrected chi connectivity index (χ1v) is 7.50. The topological polar surface area (TPSA) is 37.4 Å². The molecule has 0 spiro atoms. The molecule has 1 fully saturated rings. The second kappa shape index (κ2) is 9.29. The van der Waals surface area contributed by atoms with E-state index in [9.17, 15) is 9.59 Å². The Morgan fingerprint density at radius 1 is 0.850 bits per heavy atom. The number of hydrogen-bond acceptors (Lipinski definition) is 2. The van der Waals surface area contributed by atoms with Crippen LogP contribution in [0.3, 0.4) is 0 Å². The summed E-state index contributed by atoms with van der Waals surface area (Å²) in [6, 6.07) is 9.59. The van der Waals surface area contributed by atoms with E-state index in [0.29, 0.717) is 6.54 Å². The van der Waals surface area contributed by atoms with Crippen LogP contribution in [0.2, 0.25) is 0 Å². The minimum Gasteiger partial charge on any atom is -0.278 e. The molecule has 2 atom stereocenters. The zero-order valence-corrected chi connectivity index (χ0v) is 13.5. The molecule has 2 amide bonds. The van der Waals surface area contributed by atoms with E-state index in [1.807, 2.05) is 71.9 Å². The van der Waals surface area contributed by atoms with Crippen molar-refractivity contribution in [2.24, 2.45) is 11.8 Å². The molecule has 0 N–H and O–H groups in total. The predicted molar refractivity (Wildman–Crippen MR) is 83.0 cm³/mol. The first-order valence-electron chi connectivity index (χ1n) is 7.50. The van der Waals surface area contributed by atoms with Crippen molar-refractivity contribution in [3.8, 4) is 0 Å². The SMILES string of the molecule is CC.CC.CC1C(=O)N(Cc2ccccc2)C(=O)C1C. The van der Waals surface area contributed by atoms with Crippen LogP contribution in [0.4, 0.5) is 0 Å². The van der Waals surface area contributed by atoms with Gasteiger partial charge >= 0.3 is 0 Å². The van der Waals surface area contributed by atoms with Crippen LogP contribution in [-0.2, 0) is 16.1 Å². The minimum absolute atomic E-state index is 0.0543. The quantitative estimate of drug-likeness (QED) is 0.769. The average molecular weight is 277 g/mol. The van der Waals surface area contributed by atoms with Gasteiger partial charge in [-0.25, -0.2) is 0 Å². The molecule has 1 heterocycles. The molecule has 3 nitrogen and oxygen atoms in total. The number of nitrogens with zero attached hydrogens (tertiary/aromatic N) is 1. The molecule has 0 aromatic heterocycles. The summed E-state index contributed by atoms with van der Waals surface area (Å²) in [5.74, 6) is -0.477. The van der Waals surface area contributed by atoms with Crippen LogP contribution in [0.5, 0.6) is 0 Å². The van der Waals surface area contributed by atoms with Gasteiger partial charge in [-0.15, -0.1) is 0 Å². The van der Waals surface area contributed by atoms with Gasteiger partial charge in [-0.2, -0.15) is 0 Å². The summed E-state index contributed by atoms with van der Waals surface area (Å²) in [5.41, 5.74) is 0.991. The largest absolute Gasteiger partial charge is 0.278 e. The zero-order chi connectivity index (χ0) is 15.7. The third-order valence-corrected chi connectivity index (χ3v) is 3.24. The lowest BCUT2D eigenvalue weighted by Gasteiger charge is -2.14. The Morgan fingerprint density at radius 3 is 1.65 bits per heavy atom. The highest BCUT2D eigenvalue weighted by Crippen LogP contribution is 2.26. The third-order valence-electron chi connectivity index (χ3n) is 3.24. The molecule has 0 aliphatic carbocycles. The van der Waals surface area contributed by atoms with Gasteiger partial charge in [0.05, 0.1) is 6.54 Å². The number of imide groups is 1. The van der Waals surface area contributed by atoms with E-state index >= 15 is 0 Å². The first kappa shape index (κ1) is 18.4. The molecule has 0 saturated carbocycles. The van der Waals surface area contributed by atoms with Crippen molar-refractivity contribution in [2.75, 3.05) is 0 Å². The smallest absolute Gasteiger partial charge is 0.233 e. The van der Waals surface area contributed by atoms with E-state index in [1.165, 1.54) is 4.90 Å². The minimum atomic E-state index is -0.184. The van der Waals surface area contributed by atoms with Crippen LogP contribution in [0, 0.1) is 11.8 Å². The molecule has 1 aliphatic rings. The lowest BCUT2D eigenvalue weighted by Crippen LogP contribution is -2.30. The summed E-state index contributed by atoms with van der Waals surface area (Å²) in [4.78, 5) is 25.0. The van der Waals surface area contributed by atoms with E-state index in [1.54, 1.807) is 0 Å². The lowest BCUT2D eigenvalue weighted by molar-refractivity contribution is -0.140. The van der Waals surface area contributed by atoms with E-state index in [4.69, 9.17) is 0 Å². The fourth-order valence-corrected chi connectivity index (χ4v) is 1.95. The van der Waals surface area contributed by atoms with E-state index in [2.05, 4.69) is 0 Å². The highest BCUT2D eigenvalue weighted by Gasteiger charge is 2.41. The summed E-state index contributed by atoms with van der Waals surface area (Å²) < 4.78 is 0. The number of rotatable bonds is 2. The maximum absolute atomic E-state index is 11.8. The van der Waals surface area contributed by atoms with Crippen LogP contribution >= 0.6 is 0 Å². The van der Waals surface area contributed by atoms with Gasteiger partial charge in [0.2, 0.25) is 11.8 Å². The molecule has 1 aromatic carbocycles. The number of likely N-dealkylation sites (tertiary alicyclic amines) is 1. The summed E-state index contributed by atoms with van der Waals surface area (Å²) in [5, 5.41) is 0. The van der Waals surface area contributed by atoms with Gasteiger partial charge in [0.15, 0.2) is 0 Å². The molecule has 3 heteroatoms. The van der Waals surface area contributed by atoms with Crippen LogP contribution < -0.4 is 0 Å².